The van der Waals surface area contributed by atoms with Crippen molar-refractivity contribution < 1.29 is 18.0 Å². The Hall–Kier alpha value is -2.38. The normalized spacial score (nSPS) is 14.6. The fraction of sp³-hybridized carbons (Fsp3) is 0.300. The van der Waals surface area contributed by atoms with Crippen LogP contribution in [0, 0.1) is 0 Å². The summed E-state index contributed by atoms with van der Waals surface area (Å²) in [6, 6.07) is 12.6. The molecule has 2 amide bonds. The van der Waals surface area contributed by atoms with E-state index < -0.39 is 21.7 Å². The predicted octanol–water partition coefficient (Wildman–Crippen LogP) is 3.42. The summed E-state index contributed by atoms with van der Waals surface area (Å²) in [5, 5.41) is 5.20. The molecule has 28 heavy (non-hydrogen) atoms. The van der Waals surface area contributed by atoms with E-state index in [9.17, 15) is 18.0 Å². The molecule has 0 radical (unpaired) electrons. The lowest BCUT2D eigenvalue weighted by atomic mass is 10.2. The molecule has 2 aromatic rings. The number of sulfone groups is 1. The van der Waals surface area contributed by atoms with Gasteiger partial charge in [0, 0.05) is 16.3 Å². The molecule has 3 rings (SSSR count). The highest BCUT2D eigenvalue weighted by Crippen LogP contribution is 2.30. The smallest absolute Gasteiger partial charge is 0.251 e. The van der Waals surface area contributed by atoms with E-state index >= 15 is 0 Å². The number of carbonyl (C=O) groups excluding carboxylic acids is 2. The molecule has 1 aliphatic rings. The summed E-state index contributed by atoms with van der Waals surface area (Å²) in [4.78, 5) is 24.4. The Morgan fingerprint density at radius 2 is 1.75 bits per heavy atom. The summed E-state index contributed by atoms with van der Waals surface area (Å²) in [5.41, 5.74) is 0.728. The van der Waals surface area contributed by atoms with E-state index in [1.54, 1.807) is 36.4 Å². The van der Waals surface area contributed by atoms with Crippen LogP contribution in [0.5, 0.6) is 0 Å². The maximum atomic E-state index is 12.7. The first-order valence-corrected chi connectivity index (χ1v) is 11.0. The van der Waals surface area contributed by atoms with Crippen LogP contribution in [0.3, 0.4) is 0 Å². The molecule has 0 aliphatic heterocycles. The molecule has 0 aromatic heterocycles. The molecule has 0 bridgehead atoms. The van der Waals surface area contributed by atoms with Crippen molar-refractivity contribution in [2.45, 2.75) is 35.8 Å². The molecule has 6 nitrogen and oxygen atoms in total. The summed E-state index contributed by atoms with van der Waals surface area (Å²) in [6.07, 6.45) is 3.20. The van der Waals surface area contributed by atoms with Gasteiger partial charge >= 0.3 is 0 Å². The predicted molar refractivity (Wildman–Crippen MR) is 108 cm³/mol. The molecule has 0 heterocycles. The van der Waals surface area contributed by atoms with Gasteiger partial charge in [0.25, 0.3) is 5.91 Å². The Balaban J connectivity index is 1.61. The second kappa shape index (κ2) is 8.75. The Labute approximate surface area is 169 Å². The second-order valence-electron chi connectivity index (χ2n) is 6.72. The Bertz CT molecular complexity index is 985. The topological polar surface area (TPSA) is 92.3 Å². The summed E-state index contributed by atoms with van der Waals surface area (Å²) in [6.45, 7) is -0.245. The monoisotopic (exact) mass is 420 g/mol. The number of hydrogen-bond donors (Lipinski definition) is 2. The van der Waals surface area contributed by atoms with Crippen LogP contribution in [0.2, 0.25) is 5.02 Å². The van der Waals surface area contributed by atoms with Gasteiger partial charge in [-0.1, -0.05) is 36.6 Å². The van der Waals surface area contributed by atoms with Gasteiger partial charge in [-0.05, 0) is 49.2 Å². The maximum absolute atomic E-state index is 12.7. The zero-order chi connectivity index (χ0) is 20.1. The van der Waals surface area contributed by atoms with Crippen LogP contribution in [-0.2, 0) is 14.6 Å². The average molecular weight is 421 g/mol. The van der Waals surface area contributed by atoms with E-state index in [-0.39, 0.29) is 16.7 Å². The average Bonchev–Trinajstić information content (AvgIpc) is 3.22. The van der Waals surface area contributed by atoms with Crippen LogP contribution in [0.4, 0.5) is 5.69 Å². The van der Waals surface area contributed by atoms with Gasteiger partial charge in [0.15, 0.2) is 9.84 Å². The Morgan fingerprint density at radius 3 is 2.46 bits per heavy atom. The SMILES string of the molecule is O=C(CNC(=O)c1cccc(Cl)c1)Nc1cccc(S(=O)(=O)C2CCCC2)c1. The first kappa shape index (κ1) is 20.4. The van der Waals surface area contributed by atoms with Gasteiger partial charge in [-0.3, -0.25) is 9.59 Å². The van der Waals surface area contributed by atoms with Crippen LogP contribution in [-0.4, -0.2) is 32.0 Å². The lowest BCUT2D eigenvalue weighted by Crippen LogP contribution is -2.32. The molecule has 0 saturated heterocycles. The van der Waals surface area contributed by atoms with E-state index in [0.29, 0.717) is 29.1 Å². The minimum atomic E-state index is -3.40. The molecular weight excluding hydrogens is 400 g/mol. The van der Waals surface area contributed by atoms with Gasteiger partial charge in [0.05, 0.1) is 16.7 Å². The summed E-state index contributed by atoms with van der Waals surface area (Å²) in [5.74, 6) is -0.874. The van der Waals surface area contributed by atoms with Crippen molar-refractivity contribution in [1.29, 1.82) is 0 Å². The molecule has 1 fully saturated rings. The molecule has 8 heteroatoms. The van der Waals surface area contributed by atoms with E-state index in [2.05, 4.69) is 10.6 Å². The van der Waals surface area contributed by atoms with E-state index in [4.69, 9.17) is 11.6 Å². The highest BCUT2D eigenvalue weighted by Gasteiger charge is 2.30. The van der Waals surface area contributed by atoms with Crippen LogP contribution in [0.15, 0.2) is 53.4 Å². The standard InChI is InChI=1S/C20H21ClN2O4S/c21-15-6-3-5-14(11-15)20(25)22-13-19(24)23-16-7-4-10-18(12-16)28(26,27)17-8-1-2-9-17/h3-7,10-12,17H,1-2,8-9,13H2,(H,22,25)(H,23,24). The minimum Gasteiger partial charge on any atom is -0.343 e. The highest BCUT2D eigenvalue weighted by atomic mass is 35.5. The summed E-state index contributed by atoms with van der Waals surface area (Å²) >= 11 is 5.85. The van der Waals surface area contributed by atoms with Crippen LogP contribution in [0.25, 0.3) is 0 Å². The van der Waals surface area contributed by atoms with Gasteiger partial charge < -0.3 is 10.6 Å². The van der Waals surface area contributed by atoms with Crippen LogP contribution < -0.4 is 10.6 Å². The molecule has 1 aliphatic carbocycles. The lowest BCUT2D eigenvalue weighted by molar-refractivity contribution is -0.115. The van der Waals surface area contributed by atoms with Gasteiger partial charge in [0.2, 0.25) is 5.91 Å². The van der Waals surface area contributed by atoms with Crippen molar-refractivity contribution in [3.8, 4) is 0 Å². The third kappa shape index (κ3) is 4.91. The number of rotatable bonds is 6. The first-order chi connectivity index (χ1) is 13.4. The Kier molecular flexibility index (Phi) is 6.36. The molecule has 2 N–H and O–H groups in total. The van der Waals surface area contributed by atoms with E-state index in [1.807, 2.05) is 0 Å². The maximum Gasteiger partial charge on any atom is 0.251 e. The van der Waals surface area contributed by atoms with Gasteiger partial charge in [-0.25, -0.2) is 8.42 Å². The van der Waals surface area contributed by atoms with E-state index in [1.165, 1.54) is 12.1 Å². The number of amides is 2. The van der Waals surface area contributed by atoms with Crippen molar-refractivity contribution >= 4 is 38.9 Å². The van der Waals surface area contributed by atoms with Crippen molar-refractivity contribution in [2.24, 2.45) is 0 Å². The zero-order valence-corrected chi connectivity index (χ0v) is 16.7. The van der Waals surface area contributed by atoms with Gasteiger partial charge in [-0.15, -0.1) is 0 Å². The second-order valence-corrected chi connectivity index (χ2v) is 9.39. The first-order valence-electron chi connectivity index (χ1n) is 9.04. The van der Waals surface area contributed by atoms with Crippen molar-refractivity contribution in [2.75, 3.05) is 11.9 Å². The number of halogens is 1. The minimum absolute atomic E-state index is 0.208. The van der Waals surface area contributed by atoms with Crippen molar-refractivity contribution in [3.05, 3.63) is 59.1 Å². The lowest BCUT2D eigenvalue weighted by Gasteiger charge is -2.13. The number of carbonyl (C=O) groups is 2. The number of hydrogen-bond acceptors (Lipinski definition) is 4. The molecule has 0 unspecified atom stereocenters. The van der Waals surface area contributed by atoms with Crippen molar-refractivity contribution in [1.82, 2.24) is 5.32 Å². The quantitative estimate of drug-likeness (QED) is 0.748. The number of benzene rings is 2. The highest BCUT2D eigenvalue weighted by molar-refractivity contribution is 7.92. The fourth-order valence-corrected chi connectivity index (χ4v) is 5.33. The molecule has 0 spiro atoms. The molecule has 148 valence electrons. The number of nitrogens with one attached hydrogen (secondary N) is 2. The van der Waals surface area contributed by atoms with Crippen molar-refractivity contribution in [3.63, 3.8) is 0 Å². The molecule has 2 aromatic carbocycles. The Morgan fingerprint density at radius 1 is 1.04 bits per heavy atom. The van der Waals surface area contributed by atoms with Gasteiger partial charge in [0.1, 0.15) is 0 Å². The van der Waals surface area contributed by atoms with Gasteiger partial charge in [-0.2, -0.15) is 0 Å². The third-order valence-corrected chi connectivity index (χ3v) is 7.18. The molecule has 1 saturated carbocycles. The summed E-state index contributed by atoms with van der Waals surface area (Å²) in [7, 11) is -3.40. The molecular formula is C20H21ClN2O4S. The molecule has 0 atom stereocenters. The van der Waals surface area contributed by atoms with Crippen LogP contribution >= 0.6 is 11.6 Å². The zero-order valence-electron chi connectivity index (χ0n) is 15.2. The number of anilines is 1. The van der Waals surface area contributed by atoms with Crippen LogP contribution in [0.1, 0.15) is 36.0 Å². The third-order valence-electron chi connectivity index (χ3n) is 4.68. The summed E-state index contributed by atoms with van der Waals surface area (Å²) < 4.78 is 25.4. The fourth-order valence-electron chi connectivity index (χ4n) is 3.24. The largest absolute Gasteiger partial charge is 0.343 e. The van der Waals surface area contributed by atoms with E-state index in [0.717, 1.165) is 12.8 Å².